The van der Waals surface area contributed by atoms with E-state index in [0.717, 1.165) is 13.0 Å². The second kappa shape index (κ2) is 7.63. The molecule has 0 N–H and O–H groups in total. The summed E-state index contributed by atoms with van der Waals surface area (Å²) in [5.41, 5.74) is 4.44. The average Bonchev–Trinajstić information content (AvgIpc) is 2.62. The van der Waals surface area contributed by atoms with Gasteiger partial charge in [0.1, 0.15) is 0 Å². The standard InChI is InChI=1S/C20H31NO2.HI/c1-14-20(6,7)17-13-16(19(3,4)5)9-10-18(17)21(14)11-8-12-23-15(2)22;/h9-10,13-14H,8,11-12H2,1-7H3;1H. The zero-order chi connectivity index (χ0) is 17.4. The minimum atomic E-state index is -0.199. The zero-order valence-electron chi connectivity index (χ0n) is 16.1. The first kappa shape index (κ1) is 21.3. The van der Waals surface area contributed by atoms with Crippen LogP contribution in [0.2, 0.25) is 0 Å². The molecule has 1 unspecified atom stereocenters. The summed E-state index contributed by atoms with van der Waals surface area (Å²) in [6.07, 6.45) is 0.862. The van der Waals surface area contributed by atoms with Gasteiger partial charge >= 0.3 is 5.97 Å². The Balaban J connectivity index is 0.00000288. The van der Waals surface area contributed by atoms with Crippen molar-refractivity contribution < 1.29 is 9.53 Å². The van der Waals surface area contributed by atoms with Crippen LogP contribution in [0, 0.1) is 0 Å². The maximum Gasteiger partial charge on any atom is 0.302 e. The summed E-state index contributed by atoms with van der Waals surface area (Å²) in [7, 11) is 0. The van der Waals surface area contributed by atoms with Gasteiger partial charge in [0.2, 0.25) is 0 Å². The van der Waals surface area contributed by atoms with Crippen molar-refractivity contribution in [3.05, 3.63) is 29.3 Å². The molecule has 24 heavy (non-hydrogen) atoms. The van der Waals surface area contributed by atoms with E-state index in [1.807, 2.05) is 0 Å². The van der Waals surface area contributed by atoms with Gasteiger partial charge in [-0.1, -0.05) is 46.8 Å². The summed E-state index contributed by atoms with van der Waals surface area (Å²) in [6.45, 7) is 16.6. The fraction of sp³-hybridized carbons (Fsp3) is 0.650. The number of benzene rings is 1. The minimum absolute atomic E-state index is 0. The number of fused-ring (bicyclic) bond motifs is 1. The molecular formula is C20H32INO2. The van der Waals surface area contributed by atoms with Crippen molar-refractivity contribution in [1.29, 1.82) is 0 Å². The first-order valence-electron chi connectivity index (χ1n) is 8.60. The number of esters is 1. The van der Waals surface area contributed by atoms with Crippen LogP contribution in [0.15, 0.2) is 18.2 Å². The highest BCUT2D eigenvalue weighted by Gasteiger charge is 2.41. The van der Waals surface area contributed by atoms with Crippen molar-refractivity contribution in [3.63, 3.8) is 0 Å². The lowest BCUT2D eigenvalue weighted by Crippen LogP contribution is -2.39. The summed E-state index contributed by atoms with van der Waals surface area (Å²) in [5.74, 6) is -0.199. The molecule has 0 spiro atoms. The smallest absolute Gasteiger partial charge is 0.302 e. The van der Waals surface area contributed by atoms with Crippen LogP contribution in [0.25, 0.3) is 0 Å². The maximum absolute atomic E-state index is 10.9. The van der Waals surface area contributed by atoms with Crippen LogP contribution in [0.1, 0.15) is 66.0 Å². The number of hydrogen-bond donors (Lipinski definition) is 0. The van der Waals surface area contributed by atoms with Gasteiger partial charge in [0.25, 0.3) is 0 Å². The first-order valence-corrected chi connectivity index (χ1v) is 8.60. The van der Waals surface area contributed by atoms with Gasteiger partial charge in [-0.05, 0) is 36.0 Å². The largest absolute Gasteiger partial charge is 0.466 e. The molecule has 1 atom stereocenters. The highest BCUT2D eigenvalue weighted by Crippen LogP contribution is 2.46. The zero-order valence-corrected chi connectivity index (χ0v) is 18.4. The van der Waals surface area contributed by atoms with Gasteiger partial charge < -0.3 is 9.64 Å². The van der Waals surface area contributed by atoms with E-state index in [0.29, 0.717) is 12.6 Å². The Morgan fingerprint density at radius 2 is 1.92 bits per heavy atom. The maximum atomic E-state index is 10.9. The molecule has 0 saturated heterocycles. The van der Waals surface area contributed by atoms with Gasteiger partial charge in [-0.2, -0.15) is 0 Å². The van der Waals surface area contributed by atoms with Crippen molar-refractivity contribution in [2.45, 2.75) is 71.8 Å². The Bertz CT molecular complexity index is 590. The van der Waals surface area contributed by atoms with Gasteiger partial charge in [0, 0.05) is 30.6 Å². The van der Waals surface area contributed by atoms with E-state index in [9.17, 15) is 4.79 Å². The molecule has 0 saturated carbocycles. The van der Waals surface area contributed by atoms with E-state index in [-0.39, 0.29) is 40.8 Å². The summed E-state index contributed by atoms with van der Waals surface area (Å²) in [5, 5.41) is 0. The number of ether oxygens (including phenoxy) is 1. The van der Waals surface area contributed by atoms with Gasteiger partial charge in [-0.25, -0.2) is 0 Å². The van der Waals surface area contributed by atoms with Gasteiger partial charge in [0.05, 0.1) is 6.61 Å². The highest BCUT2D eigenvalue weighted by molar-refractivity contribution is 14.0. The van der Waals surface area contributed by atoms with Crippen molar-refractivity contribution in [1.82, 2.24) is 0 Å². The Hall–Kier alpha value is -0.780. The molecule has 1 aromatic carbocycles. The third-order valence-corrected chi connectivity index (χ3v) is 5.23. The second-order valence-corrected chi connectivity index (χ2v) is 8.27. The molecule has 2 rings (SSSR count). The lowest BCUT2D eigenvalue weighted by molar-refractivity contribution is -0.140. The molecule has 1 aromatic rings. The Labute approximate surface area is 164 Å². The molecule has 3 nitrogen and oxygen atoms in total. The molecule has 1 aliphatic rings. The topological polar surface area (TPSA) is 29.5 Å². The second-order valence-electron chi connectivity index (χ2n) is 8.27. The summed E-state index contributed by atoms with van der Waals surface area (Å²) in [4.78, 5) is 13.4. The minimum Gasteiger partial charge on any atom is -0.466 e. The van der Waals surface area contributed by atoms with Crippen LogP contribution in [-0.4, -0.2) is 25.2 Å². The Morgan fingerprint density at radius 3 is 2.46 bits per heavy atom. The van der Waals surface area contributed by atoms with E-state index in [1.54, 1.807) is 0 Å². The molecule has 1 heterocycles. The van der Waals surface area contributed by atoms with Crippen LogP contribution in [0.4, 0.5) is 5.69 Å². The Kier molecular flexibility index (Phi) is 6.76. The van der Waals surface area contributed by atoms with Gasteiger partial charge in [-0.3, -0.25) is 4.79 Å². The number of rotatable bonds is 4. The molecule has 0 fully saturated rings. The predicted octanol–water partition coefficient (Wildman–Crippen LogP) is 5.04. The van der Waals surface area contributed by atoms with Crippen LogP contribution in [0.5, 0.6) is 0 Å². The highest BCUT2D eigenvalue weighted by atomic mass is 127. The molecule has 0 amide bonds. The summed E-state index contributed by atoms with van der Waals surface area (Å²) in [6, 6.07) is 7.35. The molecule has 0 bridgehead atoms. The number of nitrogens with zero attached hydrogens (tertiary/aromatic N) is 1. The normalized spacial score (nSPS) is 18.8. The number of carbonyl (C=O) groups is 1. The SMILES string of the molecule is CC(=O)OCCCN1c2ccc(C(C)(C)C)cc2C(C)(C)C1C.I. The summed E-state index contributed by atoms with van der Waals surface area (Å²) < 4.78 is 5.08. The third-order valence-electron chi connectivity index (χ3n) is 5.23. The molecular weight excluding hydrogens is 413 g/mol. The van der Waals surface area contributed by atoms with Crippen molar-refractivity contribution >= 4 is 35.6 Å². The quantitative estimate of drug-likeness (QED) is 0.370. The van der Waals surface area contributed by atoms with Crippen LogP contribution in [0.3, 0.4) is 0 Å². The molecule has 0 aliphatic carbocycles. The van der Waals surface area contributed by atoms with Crippen LogP contribution < -0.4 is 4.90 Å². The predicted molar refractivity (Wildman–Crippen MR) is 112 cm³/mol. The van der Waals surface area contributed by atoms with Gasteiger partial charge in [0.15, 0.2) is 0 Å². The van der Waals surface area contributed by atoms with Crippen LogP contribution >= 0.6 is 24.0 Å². The van der Waals surface area contributed by atoms with Crippen molar-refractivity contribution in [3.8, 4) is 0 Å². The molecule has 1 aliphatic heterocycles. The Morgan fingerprint density at radius 1 is 1.29 bits per heavy atom. The van der Waals surface area contributed by atoms with Crippen molar-refractivity contribution in [2.24, 2.45) is 0 Å². The van der Waals surface area contributed by atoms with E-state index >= 15 is 0 Å². The fourth-order valence-corrected chi connectivity index (χ4v) is 3.36. The average molecular weight is 445 g/mol. The van der Waals surface area contributed by atoms with E-state index in [2.05, 4.69) is 64.6 Å². The van der Waals surface area contributed by atoms with E-state index in [4.69, 9.17) is 4.74 Å². The van der Waals surface area contributed by atoms with Crippen LogP contribution in [-0.2, 0) is 20.4 Å². The number of hydrogen-bond acceptors (Lipinski definition) is 3. The fourth-order valence-electron chi connectivity index (χ4n) is 3.36. The molecule has 4 heteroatoms. The molecule has 0 aromatic heterocycles. The van der Waals surface area contributed by atoms with E-state index < -0.39 is 0 Å². The number of halogens is 1. The molecule has 0 radical (unpaired) electrons. The number of anilines is 1. The van der Waals surface area contributed by atoms with E-state index in [1.165, 1.54) is 23.7 Å². The summed E-state index contributed by atoms with van der Waals surface area (Å²) >= 11 is 0. The van der Waals surface area contributed by atoms with Gasteiger partial charge in [-0.15, -0.1) is 24.0 Å². The third kappa shape index (κ3) is 4.24. The monoisotopic (exact) mass is 445 g/mol. The number of carbonyl (C=O) groups excluding carboxylic acids is 1. The lowest BCUT2D eigenvalue weighted by atomic mass is 9.78. The lowest BCUT2D eigenvalue weighted by Gasteiger charge is -2.31. The molecule has 136 valence electrons. The first-order chi connectivity index (χ1) is 10.5. The van der Waals surface area contributed by atoms with Crippen molar-refractivity contribution in [2.75, 3.05) is 18.1 Å².